The Morgan fingerprint density at radius 1 is 1.27 bits per heavy atom. The predicted molar refractivity (Wildman–Crippen MR) is 65.3 cm³/mol. The Kier molecular flexibility index (Phi) is 8.69. The monoisotopic (exact) mass is 275 g/mol. The third-order valence-corrected chi connectivity index (χ3v) is 4.33. The summed E-state index contributed by atoms with van der Waals surface area (Å²) >= 11 is 5.44. The highest BCUT2D eigenvalue weighted by molar-refractivity contribution is 7.89. The standard InChI is InChI=1S/C8H18ClNO3S2/c1-14(11)7-4-6-10-15(12,13)8-3-2-5-9/h10H,2-8H2,1H3. The first-order valence-corrected chi connectivity index (χ1v) is 8.72. The molecule has 0 aliphatic rings. The Balaban J connectivity index is 3.60. The van der Waals surface area contributed by atoms with E-state index in [1.165, 1.54) is 0 Å². The summed E-state index contributed by atoms with van der Waals surface area (Å²) in [5.74, 6) is 1.14. The SMILES string of the molecule is CS(=O)CCCNS(=O)(=O)CCCCCl. The van der Waals surface area contributed by atoms with Crippen LogP contribution in [0.4, 0.5) is 0 Å². The van der Waals surface area contributed by atoms with Crippen LogP contribution in [-0.4, -0.2) is 42.8 Å². The minimum atomic E-state index is -3.16. The van der Waals surface area contributed by atoms with Gasteiger partial charge in [0.05, 0.1) is 5.75 Å². The van der Waals surface area contributed by atoms with Crippen LogP contribution in [0.3, 0.4) is 0 Å². The summed E-state index contributed by atoms with van der Waals surface area (Å²) in [7, 11) is -4.01. The maximum atomic E-state index is 11.3. The van der Waals surface area contributed by atoms with Crippen molar-refractivity contribution in [3.05, 3.63) is 0 Å². The molecule has 7 heteroatoms. The van der Waals surface area contributed by atoms with Crippen molar-refractivity contribution in [2.24, 2.45) is 0 Å². The zero-order valence-electron chi connectivity index (χ0n) is 8.87. The number of alkyl halides is 1. The lowest BCUT2D eigenvalue weighted by Crippen LogP contribution is -2.28. The van der Waals surface area contributed by atoms with Crippen molar-refractivity contribution < 1.29 is 12.6 Å². The molecule has 0 saturated carbocycles. The minimum absolute atomic E-state index is 0.120. The Labute approximate surface area is 99.3 Å². The van der Waals surface area contributed by atoms with Gasteiger partial charge in [0.1, 0.15) is 0 Å². The molecule has 0 heterocycles. The lowest BCUT2D eigenvalue weighted by Gasteiger charge is -2.05. The second-order valence-electron chi connectivity index (χ2n) is 3.24. The van der Waals surface area contributed by atoms with Crippen LogP contribution in [0.15, 0.2) is 0 Å². The number of sulfonamides is 1. The van der Waals surface area contributed by atoms with Crippen molar-refractivity contribution in [2.75, 3.05) is 30.2 Å². The van der Waals surface area contributed by atoms with Crippen molar-refractivity contribution >= 4 is 32.4 Å². The van der Waals surface area contributed by atoms with Crippen LogP contribution in [0.5, 0.6) is 0 Å². The number of unbranched alkanes of at least 4 members (excludes halogenated alkanes) is 1. The summed E-state index contributed by atoms with van der Waals surface area (Å²) in [6.45, 7) is 0.364. The maximum Gasteiger partial charge on any atom is 0.211 e. The van der Waals surface area contributed by atoms with E-state index >= 15 is 0 Å². The molecule has 0 radical (unpaired) electrons. The highest BCUT2D eigenvalue weighted by Gasteiger charge is 2.08. The second kappa shape index (κ2) is 8.50. The van der Waals surface area contributed by atoms with Crippen LogP contribution in [0, 0.1) is 0 Å². The molecule has 15 heavy (non-hydrogen) atoms. The van der Waals surface area contributed by atoms with Crippen molar-refractivity contribution in [1.29, 1.82) is 0 Å². The lowest BCUT2D eigenvalue weighted by molar-refractivity contribution is 0.577. The molecule has 0 rings (SSSR count). The summed E-state index contributed by atoms with van der Waals surface area (Å²) in [5, 5.41) is 0. The molecule has 1 N–H and O–H groups in total. The molecule has 0 saturated heterocycles. The first-order valence-electron chi connectivity index (χ1n) is 4.81. The molecule has 0 spiro atoms. The zero-order valence-corrected chi connectivity index (χ0v) is 11.3. The molecule has 0 fully saturated rings. The molecule has 0 aliphatic heterocycles. The minimum Gasteiger partial charge on any atom is -0.260 e. The molecule has 1 atom stereocenters. The van der Waals surface area contributed by atoms with E-state index in [4.69, 9.17) is 11.6 Å². The van der Waals surface area contributed by atoms with E-state index in [0.717, 1.165) is 0 Å². The molecule has 0 amide bonds. The molecule has 0 aromatic carbocycles. The Bertz CT molecular complexity index is 280. The van der Waals surface area contributed by atoms with Crippen molar-refractivity contribution in [2.45, 2.75) is 19.3 Å². The van der Waals surface area contributed by atoms with Crippen LogP contribution in [-0.2, 0) is 20.8 Å². The number of hydrogen-bond acceptors (Lipinski definition) is 3. The molecule has 4 nitrogen and oxygen atoms in total. The van der Waals surface area contributed by atoms with Crippen LogP contribution in [0.1, 0.15) is 19.3 Å². The fourth-order valence-electron chi connectivity index (χ4n) is 0.962. The molecule has 0 aromatic rings. The summed E-state index contributed by atoms with van der Waals surface area (Å²) in [6, 6.07) is 0. The van der Waals surface area contributed by atoms with Crippen LogP contribution in [0.25, 0.3) is 0 Å². The molecule has 0 aliphatic carbocycles. The fraction of sp³-hybridized carbons (Fsp3) is 1.00. The maximum absolute atomic E-state index is 11.3. The predicted octanol–water partition coefficient (Wildman–Crippen LogP) is 0.693. The van der Waals surface area contributed by atoms with Gasteiger partial charge in [0, 0.05) is 35.2 Å². The molecular formula is C8H18ClNO3S2. The van der Waals surface area contributed by atoms with Gasteiger partial charge in [-0.05, 0) is 19.3 Å². The van der Waals surface area contributed by atoms with Crippen LogP contribution >= 0.6 is 11.6 Å². The second-order valence-corrected chi connectivity index (χ2v) is 7.10. The van der Waals surface area contributed by atoms with Crippen molar-refractivity contribution in [1.82, 2.24) is 4.72 Å². The zero-order chi connectivity index (χ0) is 11.7. The molecular weight excluding hydrogens is 258 g/mol. The third-order valence-electron chi connectivity index (χ3n) is 1.73. The van der Waals surface area contributed by atoms with Gasteiger partial charge in [-0.1, -0.05) is 0 Å². The van der Waals surface area contributed by atoms with Gasteiger partial charge in [0.25, 0.3) is 0 Å². The number of halogens is 1. The smallest absolute Gasteiger partial charge is 0.211 e. The largest absolute Gasteiger partial charge is 0.260 e. The highest BCUT2D eigenvalue weighted by Crippen LogP contribution is 1.96. The van der Waals surface area contributed by atoms with Gasteiger partial charge in [0.2, 0.25) is 10.0 Å². The fourth-order valence-corrected chi connectivity index (χ4v) is 2.89. The molecule has 92 valence electrons. The quantitative estimate of drug-likeness (QED) is 0.498. The summed E-state index contributed by atoms with van der Waals surface area (Å²) in [6.07, 6.45) is 3.51. The lowest BCUT2D eigenvalue weighted by atomic mass is 10.4. The average molecular weight is 276 g/mol. The first kappa shape index (κ1) is 15.3. The van der Waals surface area contributed by atoms with Gasteiger partial charge in [-0.2, -0.15) is 0 Å². The third kappa shape index (κ3) is 10.6. The van der Waals surface area contributed by atoms with E-state index in [0.29, 0.717) is 37.4 Å². The highest BCUT2D eigenvalue weighted by atomic mass is 35.5. The summed E-state index contributed by atoms with van der Waals surface area (Å²) in [5.41, 5.74) is 0. The Morgan fingerprint density at radius 2 is 1.93 bits per heavy atom. The van der Waals surface area contributed by atoms with E-state index in [-0.39, 0.29) is 5.75 Å². The number of nitrogens with one attached hydrogen (secondary N) is 1. The van der Waals surface area contributed by atoms with Crippen LogP contribution in [0.2, 0.25) is 0 Å². The van der Waals surface area contributed by atoms with E-state index < -0.39 is 20.8 Å². The first-order chi connectivity index (χ1) is 6.98. The van der Waals surface area contributed by atoms with E-state index in [1.807, 2.05) is 0 Å². The van der Waals surface area contributed by atoms with Gasteiger partial charge in [-0.15, -0.1) is 11.6 Å². The molecule has 0 aromatic heterocycles. The van der Waals surface area contributed by atoms with Gasteiger partial charge in [-0.3, -0.25) is 4.21 Å². The van der Waals surface area contributed by atoms with E-state index in [1.54, 1.807) is 6.26 Å². The normalized spacial score (nSPS) is 14.0. The van der Waals surface area contributed by atoms with Gasteiger partial charge < -0.3 is 0 Å². The topological polar surface area (TPSA) is 63.2 Å². The van der Waals surface area contributed by atoms with Gasteiger partial charge >= 0.3 is 0 Å². The van der Waals surface area contributed by atoms with Gasteiger partial charge in [-0.25, -0.2) is 13.1 Å². The Morgan fingerprint density at radius 3 is 2.47 bits per heavy atom. The Hall–Kier alpha value is 0.350. The molecule has 1 unspecified atom stereocenters. The van der Waals surface area contributed by atoms with Crippen molar-refractivity contribution in [3.8, 4) is 0 Å². The van der Waals surface area contributed by atoms with Crippen LogP contribution < -0.4 is 4.72 Å². The average Bonchev–Trinajstić information content (AvgIpc) is 2.13. The number of hydrogen-bond donors (Lipinski definition) is 1. The summed E-state index contributed by atoms with van der Waals surface area (Å²) < 4.78 is 35.8. The van der Waals surface area contributed by atoms with Crippen molar-refractivity contribution in [3.63, 3.8) is 0 Å². The van der Waals surface area contributed by atoms with E-state index in [9.17, 15) is 12.6 Å². The number of rotatable bonds is 9. The summed E-state index contributed by atoms with van der Waals surface area (Å²) in [4.78, 5) is 0. The van der Waals surface area contributed by atoms with Gasteiger partial charge in [0.15, 0.2) is 0 Å². The van der Waals surface area contributed by atoms with E-state index in [2.05, 4.69) is 4.72 Å². The molecule has 0 bridgehead atoms.